The van der Waals surface area contributed by atoms with Crippen molar-refractivity contribution < 1.29 is 29.3 Å². The van der Waals surface area contributed by atoms with E-state index < -0.39 is 12.2 Å². The van der Waals surface area contributed by atoms with E-state index in [0.717, 1.165) is 51.4 Å². The molecule has 2 N–H and O–H groups in total. The Morgan fingerprint density at radius 3 is 1.47 bits per heavy atom. The predicted octanol–water partition coefficient (Wildman–Crippen LogP) is 4.59. The molecule has 0 aromatic rings. The molecule has 8 atom stereocenters. The number of hydrogen-bond donors (Lipinski definition) is 2. The van der Waals surface area contributed by atoms with Crippen molar-refractivity contribution >= 4 is 11.9 Å². The monoisotopic (exact) mass is 476 g/mol. The van der Waals surface area contributed by atoms with Crippen molar-refractivity contribution in [3.05, 3.63) is 23.3 Å². The lowest BCUT2D eigenvalue weighted by molar-refractivity contribution is -0.155. The smallest absolute Gasteiger partial charge is 0.311 e. The molecule has 6 nitrogen and oxygen atoms in total. The van der Waals surface area contributed by atoms with E-state index in [2.05, 4.69) is 26.0 Å². The van der Waals surface area contributed by atoms with Gasteiger partial charge in [-0.3, -0.25) is 9.59 Å². The van der Waals surface area contributed by atoms with Gasteiger partial charge in [0.05, 0.1) is 38.3 Å². The highest BCUT2D eigenvalue weighted by Crippen LogP contribution is 2.44. The van der Waals surface area contributed by atoms with Crippen LogP contribution in [0.5, 0.6) is 0 Å². The SMILES string of the molecule is CC[C@@H]1C=C2CCCC[C@H]2[C@H](C(=O)OC)[C@@H]1O.CC[C@H]1C=C2CCCC[C@@H]2[C@@H](C(=O)OC)[C@H]1O. The molecule has 0 radical (unpaired) electrons. The molecular weight excluding hydrogens is 432 g/mol. The van der Waals surface area contributed by atoms with Crippen LogP contribution >= 0.6 is 0 Å². The number of aliphatic hydroxyl groups is 2. The fraction of sp³-hybridized carbons (Fsp3) is 0.786. The third kappa shape index (κ3) is 5.59. The van der Waals surface area contributed by atoms with E-state index in [9.17, 15) is 19.8 Å². The first kappa shape index (κ1) is 26.9. The summed E-state index contributed by atoms with van der Waals surface area (Å²) in [6.45, 7) is 4.12. The fourth-order valence-corrected chi connectivity index (χ4v) is 6.72. The highest BCUT2D eigenvalue weighted by Gasteiger charge is 2.45. The van der Waals surface area contributed by atoms with Crippen molar-refractivity contribution in [1.29, 1.82) is 0 Å². The normalized spacial score (nSPS) is 37.0. The standard InChI is InChI=1S/2C14H22O3/c2*1-3-9-8-10-6-4-5-7-11(10)12(13(9)15)14(16)17-2/h2*8-9,11-13,15H,3-7H2,1-2H3/t2*9-,11-,12+,13-/m10/s1. The summed E-state index contributed by atoms with van der Waals surface area (Å²) in [5, 5.41) is 20.6. The van der Waals surface area contributed by atoms with Gasteiger partial charge in [0.25, 0.3) is 0 Å². The molecule has 0 unspecified atom stereocenters. The average molecular weight is 477 g/mol. The molecule has 0 aliphatic heterocycles. The molecule has 0 spiro atoms. The van der Waals surface area contributed by atoms with E-state index in [0.29, 0.717) is 0 Å². The zero-order valence-electron chi connectivity index (χ0n) is 21.4. The van der Waals surface area contributed by atoms with Crippen molar-refractivity contribution in [3.8, 4) is 0 Å². The van der Waals surface area contributed by atoms with Gasteiger partial charge in [-0.25, -0.2) is 0 Å². The average Bonchev–Trinajstić information content (AvgIpc) is 2.87. The van der Waals surface area contributed by atoms with Crippen LogP contribution in [-0.2, 0) is 19.1 Å². The summed E-state index contributed by atoms with van der Waals surface area (Å²) in [6.07, 6.45) is 14.0. The van der Waals surface area contributed by atoms with Crippen LogP contribution in [0.1, 0.15) is 78.1 Å². The summed E-state index contributed by atoms with van der Waals surface area (Å²) in [6, 6.07) is 0. The Hall–Kier alpha value is -1.66. The van der Waals surface area contributed by atoms with Crippen LogP contribution in [-0.4, -0.2) is 48.6 Å². The third-order valence-electron chi connectivity index (χ3n) is 8.64. The van der Waals surface area contributed by atoms with Gasteiger partial charge in [-0.2, -0.15) is 0 Å². The molecule has 34 heavy (non-hydrogen) atoms. The zero-order valence-corrected chi connectivity index (χ0v) is 21.4. The maximum absolute atomic E-state index is 11.9. The molecule has 0 aromatic heterocycles. The second-order valence-corrected chi connectivity index (χ2v) is 10.4. The number of fused-ring (bicyclic) bond motifs is 2. The summed E-state index contributed by atoms with van der Waals surface area (Å²) in [4.78, 5) is 23.8. The number of hydrogen-bond acceptors (Lipinski definition) is 6. The van der Waals surface area contributed by atoms with E-state index >= 15 is 0 Å². The lowest BCUT2D eigenvalue weighted by Gasteiger charge is -2.40. The molecule has 4 rings (SSSR count). The maximum atomic E-state index is 11.9. The predicted molar refractivity (Wildman–Crippen MR) is 131 cm³/mol. The molecule has 2 saturated carbocycles. The molecule has 0 heterocycles. The van der Waals surface area contributed by atoms with Gasteiger partial charge >= 0.3 is 11.9 Å². The topological polar surface area (TPSA) is 93.1 Å². The maximum Gasteiger partial charge on any atom is 0.311 e. The first-order valence-corrected chi connectivity index (χ1v) is 13.3. The summed E-state index contributed by atoms with van der Waals surface area (Å²) < 4.78 is 9.75. The quantitative estimate of drug-likeness (QED) is 0.456. The Morgan fingerprint density at radius 1 is 0.765 bits per heavy atom. The van der Waals surface area contributed by atoms with Crippen LogP contribution in [0.4, 0.5) is 0 Å². The minimum absolute atomic E-state index is 0.114. The minimum Gasteiger partial charge on any atom is -0.469 e. The lowest BCUT2D eigenvalue weighted by Crippen LogP contribution is -2.44. The number of aliphatic hydroxyl groups excluding tert-OH is 2. The van der Waals surface area contributed by atoms with Gasteiger partial charge < -0.3 is 19.7 Å². The molecule has 0 aromatic carbocycles. The van der Waals surface area contributed by atoms with Gasteiger partial charge in [-0.05, 0) is 63.2 Å². The van der Waals surface area contributed by atoms with Crippen LogP contribution in [0.2, 0.25) is 0 Å². The Kier molecular flexibility index (Phi) is 9.78. The van der Waals surface area contributed by atoms with Crippen molar-refractivity contribution in [2.24, 2.45) is 35.5 Å². The van der Waals surface area contributed by atoms with Gasteiger partial charge in [0.1, 0.15) is 0 Å². The van der Waals surface area contributed by atoms with Crippen molar-refractivity contribution in [2.75, 3.05) is 14.2 Å². The summed E-state index contributed by atoms with van der Waals surface area (Å²) in [5.41, 5.74) is 2.76. The van der Waals surface area contributed by atoms with Gasteiger partial charge in [0, 0.05) is 11.8 Å². The van der Waals surface area contributed by atoms with Crippen molar-refractivity contribution in [1.82, 2.24) is 0 Å². The van der Waals surface area contributed by atoms with Crippen LogP contribution in [0.25, 0.3) is 0 Å². The zero-order chi connectivity index (χ0) is 24.8. The summed E-state index contributed by atoms with van der Waals surface area (Å²) >= 11 is 0. The Bertz CT molecular complexity index is 707. The number of rotatable bonds is 4. The molecule has 4 aliphatic carbocycles. The van der Waals surface area contributed by atoms with Gasteiger partial charge in [-0.1, -0.05) is 50.0 Å². The highest BCUT2D eigenvalue weighted by atomic mass is 16.5. The van der Waals surface area contributed by atoms with Gasteiger partial charge in [0.2, 0.25) is 0 Å². The van der Waals surface area contributed by atoms with E-state index in [1.54, 1.807) is 0 Å². The Morgan fingerprint density at radius 2 is 1.15 bits per heavy atom. The Balaban J connectivity index is 0.000000191. The number of carbonyl (C=O) groups excluding carboxylic acids is 2. The van der Waals surface area contributed by atoms with Gasteiger partial charge in [0.15, 0.2) is 0 Å². The molecule has 0 saturated heterocycles. The van der Waals surface area contributed by atoms with Crippen LogP contribution in [0, 0.1) is 35.5 Å². The first-order chi connectivity index (χ1) is 16.4. The number of esters is 2. The van der Waals surface area contributed by atoms with E-state index in [-0.39, 0.29) is 47.4 Å². The second-order valence-electron chi connectivity index (χ2n) is 10.4. The summed E-state index contributed by atoms with van der Waals surface area (Å²) in [5.74, 6) is -0.507. The first-order valence-electron chi connectivity index (χ1n) is 13.3. The van der Waals surface area contributed by atoms with Gasteiger partial charge in [-0.15, -0.1) is 0 Å². The van der Waals surface area contributed by atoms with E-state index in [1.165, 1.54) is 38.2 Å². The molecule has 2 fully saturated rings. The number of ether oxygens (including phenoxy) is 2. The van der Waals surface area contributed by atoms with Crippen molar-refractivity contribution in [2.45, 2.75) is 90.3 Å². The highest BCUT2D eigenvalue weighted by molar-refractivity contribution is 5.75. The second kappa shape index (κ2) is 12.3. The molecule has 192 valence electrons. The molecule has 6 heteroatoms. The summed E-state index contributed by atoms with van der Waals surface area (Å²) in [7, 11) is 2.83. The largest absolute Gasteiger partial charge is 0.469 e. The Labute approximate surface area is 204 Å². The van der Waals surface area contributed by atoms with E-state index in [1.807, 2.05) is 0 Å². The molecule has 0 bridgehead atoms. The number of methoxy groups -OCH3 is 2. The van der Waals surface area contributed by atoms with Crippen LogP contribution in [0.3, 0.4) is 0 Å². The lowest BCUT2D eigenvalue weighted by atomic mass is 9.66. The minimum atomic E-state index is -0.570. The molecular formula is C28H44O6. The third-order valence-corrected chi connectivity index (χ3v) is 8.64. The fourth-order valence-electron chi connectivity index (χ4n) is 6.72. The molecule has 0 amide bonds. The van der Waals surface area contributed by atoms with Crippen LogP contribution < -0.4 is 0 Å². The molecule has 4 aliphatic rings. The number of allylic oxidation sites excluding steroid dienone is 2. The van der Waals surface area contributed by atoms with Crippen molar-refractivity contribution in [3.63, 3.8) is 0 Å². The van der Waals surface area contributed by atoms with E-state index in [4.69, 9.17) is 9.47 Å². The van der Waals surface area contributed by atoms with Crippen LogP contribution in [0.15, 0.2) is 23.3 Å². The number of carbonyl (C=O) groups is 2.